The molecule has 10 nitrogen and oxygen atoms in total. The van der Waals surface area contributed by atoms with Gasteiger partial charge in [-0.1, -0.05) is 5.16 Å². The summed E-state index contributed by atoms with van der Waals surface area (Å²) < 4.78 is 15.7. The van der Waals surface area contributed by atoms with E-state index in [2.05, 4.69) is 30.7 Å². The summed E-state index contributed by atoms with van der Waals surface area (Å²) >= 11 is 0. The molecule has 0 aromatic carbocycles. The van der Waals surface area contributed by atoms with Crippen molar-refractivity contribution in [2.24, 2.45) is 0 Å². The van der Waals surface area contributed by atoms with Crippen LogP contribution in [0.4, 0.5) is 11.8 Å². The number of morpholine rings is 1. The van der Waals surface area contributed by atoms with E-state index in [1.807, 2.05) is 13.0 Å². The summed E-state index contributed by atoms with van der Waals surface area (Å²) in [5.41, 5.74) is 1.07. The lowest BCUT2D eigenvalue weighted by molar-refractivity contribution is 0.0946. The topological polar surface area (TPSA) is 119 Å². The predicted octanol–water partition coefficient (Wildman–Crippen LogP) is 1.71. The Hall–Kier alpha value is -3.40. The van der Waals surface area contributed by atoms with Crippen LogP contribution in [0.25, 0.3) is 11.5 Å². The number of aryl methyl sites for hydroxylation is 1. The summed E-state index contributed by atoms with van der Waals surface area (Å²) in [5, 5.41) is 9.71. The molecule has 4 rings (SSSR count). The van der Waals surface area contributed by atoms with Gasteiger partial charge in [-0.25, -0.2) is 4.98 Å². The Morgan fingerprint density at radius 1 is 1.17 bits per heavy atom. The van der Waals surface area contributed by atoms with Gasteiger partial charge in [0.1, 0.15) is 5.82 Å². The smallest absolute Gasteiger partial charge is 0.273 e. The van der Waals surface area contributed by atoms with Crippen LogP contribution in [0, 0.1) is 6.92 Å². The standard InChI is InChI=1S/C19H22N6O4/c1-13-11-17(25-6-9-27-10-7-25)23-19(22-13)21-5-4-20-18(26)14-12-16(29-24-14)15-3-2-8-28-15/h2-3,8,11-12H,4-7,9-10H2,1H3,(H,20,26)(H,21,22,23). The average Bonchev–Trinajstić information content (AvgIpc) is 3.43. The van der Waals surface area contributed by atoms with Crippen LogP contribution >= 0.6 is 0 Å². The van der Waals surface area contributed by atoms with Gasteiger partial charge in [-0.3, -0.25) is 4.79 Å². The molecule has 0 aliphatic carbocycles. The fourth-order valence-electron chi connectivity index (χ4n) is 2.94. The molecule has 0 spiro atoms. The molecule has 0 atom stereocenters. The number of carbonyl (C=O) groups is 1. The Balaban J connectivity index is 1.28. The Labute approximate surface area is 167 Å². The molecule has 152 valence electrons. The fourth-order valence-corrected chi connectivity index (χ4v) is 2.94. The Bertz CT molecular complexity index is 950. The number of ether oxygens (including phenoxy) is 1. The lowest BCUT2D eigenvalue weighted by Gasteiger charge is -2.28. The van der Waals surface area contributed by atoms with Crippen molar-refractivity contribution in [2.45, 2.75) is 6.92 Å². The highest BCUT2D eigenvalue weighted by Gasteiger charge is 2.16. The van der Waals surface area contributed by atoms with Crippen molar-refractivity contribution < 1.29 is 18.5 Å². The van der Waals surface area contributed by atoms with Crippen molar-refractivity contribution >= 4 is 17.7 Å². The summed E-state index contributed by atoms with van der Waals surface area (Å²) in [7, 11) is 0. The Morgan fingerprint density at radius 3 is 2.83 bits per heavy atom. The van der Waals surface area contributed by atoms with Crippen LogP contribution < -0.4 is 15.5 Å². The maximum absolute atomic E-state index is 12.2. The minimum Gasteiger partial charge on any atom is -0.461 e. The van der Waals surface area contributed by atoms with Gasteiger partial charge in [0.15, 0.2) is 11.5 Å². The molecule has 1 aliphatic rings. The molecule has 3 aromatic heterocycles. The van der Waals surface area contributed by atoms with Gasteiger partial charge in [0.2, 0.25) is 11.7 Å². The molecule has 0 unspecified atom stereocenters. The van der Waals surface area contributed by atoms with Crippen LogP contribution in [0.3, 0.4) is 0 Å². The van der Waals surface area contributed by atoms with Gasteiger partial charge in [0, 0.05) is 44.0 Å². The molecule has 1 aliphatic heterocycles. The van der Waals surface area contributed by atoms with Gasteiger partial charge >= 0.3 is 0 Å². The zero-order valence-electron chi connectivity index (χ0n) is 16.1. The van der Waals surface area contributed by atoms with Gasteiger partial charge in [0.25, 0.3) is 5.91 Å². The number of hydrogen-bond acceptors (Lipinski definition) is 9. The summed E-state index contributed by atoms with van der Waals surface area (Å²) in [5.74, 6) is 2.00. The van der Waals surface area contributed by atoms with Gasteiger partial charge in [-0.2, -0.15) is 4.98 Å². The second-order valence-electron chi connectivity index (χ2n) is 6.53. The molecule has 1 fully saturated rings. The summed E-state index contributed by atoms with van der Waals surface area (Å²) in [4.78, 5) is 23.4. The predicted molar refractivity (Wildman–Crippen MR) is 105 cm³/mol. The largest absolute Gasteiger partial charge is 0.461 e. The Morgan fingerprint density at radius 2 is 2.03 bits per heavy atom. The number of hydrogen-bond donors (Lipinski definition) is 2. The highest BCUT2D eigenvalue weighted by molar-refractivity contribution is 5.92. The lowest BCUT2D eigenvalue weighted by atomic mass is 10.3. The van der Waals surface area contributed by atoms with Gasteiger partial charge in [-0.05, 0) is 19.1 Å². The maximum atomic E-state index is 12.2. The number of carbonyl (C=O) groups excluding carboxylic acids is 1. The van der Waals surface area contributed by atoms with Gasteiger partial charge in [0.05, 0.1) is 19.5 Å². The number of nitrogens with zero attached hydrogens (tertiary/aromatic N) is 4. The van der Waals surface area contributed by atoms with Crippen LogP contribution in [0.5, 0.6) is 0 Å². The van der Waals surface area contributed by atoms with Crippen molar-refractivity contribution in [3.63, 3.8) is 0 Å². The first kappa shape index (κ1) is 18.9. The van der Waals surface area contributed by atoms with Crippen LogP contribution in [-0.2, 0) is 4.74 Å². The third-order valence-corrected chi connectivity index (χ3v) is 4.38. The number of anilines is 2. The third kappa shape index (κ3) is 4.72. The van der Waals surface area contributed by atoms with E-state index >= 15 is 0 Å². The molecule has 10 heteroatoms. The van der Waals surface area contributed by atoms with Crippen LogP contribution in [0.15, 0.2) is 39.5 Å². The molecular formula is C19H22N6O4. The van der Waals surface area contributed by atoms with Crippen molar-refractivity contribution in [3.8, 4) is 11.5 Å². The minimum atomic E-state index is -0.326. The zero-order valence-corrected chi connectivity index (χ0v) is 16.1. The molecule has 0 radical (unpaired) electrons. The number of rotatable bonds is 7. The monoisotopic (exact) mass is 398 g/mol. The van der Waals surface area contributed by atoms with Crippen LogP contribution in [0.1, 0.15) is 16.2 Å². The number of amides is 1. The second-order valence-corrected chi connectivity index (χ2v) is 6.53. The zero-order chi connectivity index (χ0) is 20.1. The fraction of sp³-hybridized carbons (Fsp3) is 0.368. The molecule has 4 heterocycles. The summed E-state index contributed by atoms with van der Waals surface area (Å²) in [6.45, 7) is 5.79. The van der Waals surface area contributed by atoms with Crippen LogP contribution in [0.2, 0.25) is 0 Å². The highest BCUT2D eigenvalue weighted by atomic mass is 16.5. The van der Waals surface area contributed by atoms with Gasteiger partial charge in [-0.15, -0.1) is 0 Å². The lowest BCUT2D eigenvalue weighted by Crippen LogP contribution is -2.37. The van der Waals surface area contributed by atoms with Crippen molar-refractivity contribution in [1.29, 1.82) is 0 Å². The maximum Gasteiger partial charge on any atom is 0.273 e. The van der Waals surface area contributed by atoms with E-state index in [0.29, 0.717) is 43.8 Å². The van der Waals surface area contributed by atoms with E-state index in [4.69, 9.17) is 13.7 Å². The van der Waals surface area contributed by atoms with Crippen LogP contribution in [-0.4, -0.2) is 60.4 Å². The SMILES string of the molecule is Cc1cc(N2CCOCC2)nc(NCCNC(=O)c2cc(-c3ccco3)on2)n1. The molecule has 0 saturated carbocycles. The quantitative estimate of drug-likeness (QED) is 0.573. The molecule has 0 bridgehead atoms. The average molecular weight is 398 g/mol. The molecule has 29 heavy (non-hydrogen) atoms. The van der Waals surface area contributed by atoms with E-state index in [0.717, 1.165) is 24.6 Å². The summed E-state index contributed by atoms with van der Waals surface area (Å²) in [6.07, 6.45) is 1.53. The van der Waals surface area contributed by atoms with Crippen molar-refractivity contribution in [1.82, 2.24) is 20.4 Å². The van der Waals surface area contributed by atoms with Gasteiger partial charge < -0.3 is 29.2 Å². The van der Waals surface area contributed by atoms with Crippen molar-refractivity contribution in [3.05, 3.63) is 41.9 Å². The van der Waals surface area contributed by atoms with E-state index < -0.39 is 0 Å². The molecule has 1 saturated heterocycles. The number of aromatic nitrogens is 3. The molecular weight excluding hydrogens is 376 g/mol. The first-order chi connectivity index (χ1) is 14.2. The number of nitrogens with one attached hydrogen (secondary N) is 2. The van der Waals surface area contributed by atoms with E-state index in [9.17, 15) is 4.79 Å². The van der Waals surface area contributed by atoms with E-state index in [-0.39, 0.29) is 11.6 Å². The Kier molecular flexibility index (Phi) is 5.71. The number of furan rings is 1. The van der Waals surface area contributed by atoms with E-state index in [1.165, 1.54) is 6.26 Å². The minimum absolute atomic E-state index is 0.192. The normalized spacial score (nSPS) is 14.0. The van der Waals surface area contributed by atoms with Crippen molar-refractivity contribution in [2.75, 3.05) is 49.6 Å². The summed E-state index contributed by atoms with van der Waals surface area (Å²) in [6, 6.07) is 6.97. The molecule has 1 amide bonds. The first-order valence-corrected chi connectivity index (χ1v) is 9.40. The molecule has 2 N–H and O–H groups in total. The first-order valence-electron chi connectivity index (χ1n) is 9.40. The van der Waals surface area contributed by atoms with E-state index in [1.54, 1.807) is 18.2 Å². The highest BCUT2D eigenvalue weighted by Crippen LogP contribution is 2.20. The molecule has 3 aromatic rings. The third-order valence-electron chi connectivity index (χ3n) is 4.38. The second kappa shape index (κ2) is 8.74.